The molecular weight excluding hydrogens is 452 g/mol. The van der Waals surface area contributed by atoms with Gasteiger partial charge in [-0.15, -0.1) is 0 Å². The van der Waals surface area contributed by atoms with Crippen LogP contribution >= 0.6 is 11.6 Å². The SMILES string of the molecule is Cc1ccc2cccc(OC(=O)c3ccc(Cl)c(S(=O)(=O)N4C[C@H](C)O[C@@H](C)C4)c3)c2n1. The van der Waals surface area contributed by atoms with Gasteiger partial charge in [0.25, 0.3) is 0 Å². The number of hydrogen-bond acceptors (Lipinski definition) is 6. The van der Waals surface area contributed by atoms with E-state index in [-0.39, 0.29) is 40.8 Å². The van der Waals surface area contributed by atoms with Gasteiger partial charge in [-0.3, -0.25) is 0 Å². The van der Waals surface area contributed by atoms with Gasteiger partial charge in [-0.1, -0.05) is 29.8 Å². The number of halogens is 1. The van der Waals surface area contributed by atoms with E-state index in [4.69, 9.17) is 21.1 Å². The molecule has 0 bridgehead atoms. The van der Waals surface area contributed by atoms with E-state index < -0.39 is 16.0 Å². The largest absolute Gasteiger partial charge is 0.421 e. The maximum atomic E-state index is 13.3. The van der Waals surface area contributed by atoms with Gasteiger partial charge >= 0.3 is 5.97 Å². The van der Waals surface area contributed by atoms with Gasteiger partial charge in [0.1, 0.15) is 10.4 Å². The van der Waals surface area contributed by atoms with Crippen molar-refractivity contribution in [2.45, 2.75) is 37.9 Å². The van der Waals surface area contributed by atoms with E-state index in [1.54, 1.807) is 12.1 Å². The van der Waals surface area contributed by atoms with Crippen molar-refractivity contribution in [1.82, 2.24) is 9.29 Å². The first-order valence-electron chi connectivity index (χ1n) is 10.2. The smallest absolute Gasteiger partial charge is 0.343 e. The van der Waals surface area contributed by atoms with E-state index in [9.17, 15) is 13.2 Å². The molecule has 0 spiro atoms. The minimum absolute atomic E-state index is 0.0378. The van der Waals surface area contributed by atoms with Gasteiger partial charge in [-0.25, -0.2) is 18.2 Å². The molecule has 168 valence electrons. The Balaban J connectivity index is 1.66. The van der Waals surface area contributed by atoms with Gasteiger partial charge in [-0.05, 0) is 51.1 Å². The Kier molecular flexibility index (Phi) is 6.22. The molecule has 0 saturated carbocycles. The highest BCUT2D eigenvalue weighted by Gasteiger charge is 2.34. The van der Waals surface area contributed by atoms with E-state index in [0.29, 0.717) is 11.3 Å². The maximum Gasteiger partial charge on any atom is 0.343 e. The molecule has 0 unspecified atom stereocenters. The number of hydrogen-bond donors (Lipinski definition) is 0. The van der Waals surface area contributed by atoms with E-state index in [2.05, 4.69) is 4.98 Å². The molecule has 1 aliphatic rings. The van der Waals surface area contributed by atoms with Crippen LogP contribution in [-0.4, -0.2) is 49.0 Å². The zero-order valence-electron chi connectivity index (χ0n) is 17.9. The van der Waals surface area contributed by atoms with Crippen molar-refractivity contribution in [1.29, 1.82) is 0 Å². The van der Waals surface area contributed by atoms with Gasteiger partial charge in [0, 0.05) is 24.2 Å². The van der Waals surface area contributed by atoms with Crippen LogP contribution in [0.5, 0.6) is 5.75 Å². The summed E-state index contributed by atoms with van der Waals surface area (Å²) in [5.74, 6) is -0.399. The molecule has 32 heavy (non-hydrogen) atoms. The first-order chi connectivity index (χ1) is 15.1. The average Bonchev–Trinajstić information content (AvgIpc) is 2.73. The van der Waals surface area contributed by atoms with Crippen molar-refractivity contribution >= 4 is 38.5 Å². The Morgan fingerprint density at radius 3 is 2.56 bits per heavy atom. The molecular formula is C23H23ClN2O5S. The maximum absolute atomic E-state index is 13.3. The lowest BCUT2D eigenvalue weighted by atomic mass is 10.2. The zero-order chi connectivity index (χ0) is 23.0. The van der Waals surface area contributed by atoms with E-state index >= 15 is 0 Å². The molecule has 1 fully saturated rings. The van der Waals surface area contributed by atoms with Crippen LogP contribution in [0.2, 0.25) is 5.02 Å². The molecule has 2 atom stereocenters. The lowest BCUT2D eigenvalue weighted by molar-refractivity contribution is -0.0440. The fraction of sp³-hybridized carbons (Fsp3) is 0.304. The number of carbonyl (C=O) groups excluding carboxylic acids is 1. The van der Waals surface area contributed by atoms with Crippen molar-refractivity contribution in [3.05, 3.63) is 64.8 Å². The van der Waals surface area contributed by atoms with Crippen LogP contribution in [0.1, 0.15) is 29.9 Å². The molecule has 0 amide bonds. The number of sulfonamides is 1. The number of rotatable bonds is 4. The lowest BCUT2D eigenvalue weighted by Gasteiger charge is -2.34. The summed E-state index contributed by atoms with van der Waals surface area (Å²) in [6, 6.07) is 13.1. The summed E-state index contributed by atoms with van der Waals surface area (Å²) < 4.78 is 39.1. The Morgan fingerprint density at radius 2 is 1.84 bits per heavy atom. The van der Waals surface area contributed by atoms with E-state index in [1.807, 2.05) is 39.0 Å². The van der Waals surface area contributed by atoms with Crippen LogP contribution < -0.4 is 4.74 Å². The summed E-state index contributed by atoms with van der Waals surface area (Å²) in [6.45, 7) is 5.89. The van der Waals surface area contributed by atoms with Crippen molar-refractivity contribution in [3.8, 4) is 5.75 Å². The Bertz CT molecular complexity index is 1280. The predicted molar refractivity (Wildman–Crippen MR) is 122 cm³/mol. The van der Waals surface area contributed by atoms with Gasteiger partial charge < -0.3 is 9.47 Å². The molecule has 1 aromatic heterocycles. The van der Waals surface area contributed by atoms with Crippen molar-refractivity contribution < 1.29 is 22.7 Å². The molecule has 3 aromatic rings. The minimum atomic E-state index is -3.93. The second-order valence-electron chi connectivity index (χ2n) is 7.89. The van der Waals surface area contributed by atoms with Crippen molar-refractivity contribution in [2.75, 3.05) is 13.1 Å². The van der Waals surface area contributed by atoms with Gasteiger partial charge in [0.15, 0.2) is 5.75 Å². The molecule has 4 rings (SSSR count). The zero-order valence-corrected chi connectivity index (χ0v) is 19.5. The quantitative estimate of drug-likeness (QED) is 0.416. The third-order valence-corrected chi connectivity index (χ3v) is 7.51. The molecule has 2 heterocycles. The number of aromatic nitrogens is 1. The molecule has 9 heteroatoms. The Hall–Kier alpha value is -2.52. The monoisotopic (exact) mass is 474 g/mol. The summed E-state index contributed by atoms with van der Waals surface area (Å²) in [5, 5.41) is 0.867. The molecule has 2 aromatic carbocycles. The molecule has 0 aliphatic carbocycles. The van der Waals surface area contributed by atoms with Crippen LogP contribution in [0.15, 0.2) is 53.4 Å². The average molecular weight is 475 g/mol. The second-order valence-corrected chi connectivity index (χ2v) is 10.2. The summed E-state index contributed by atoms with van der Waals surface area (Å²) in [6.07, 6.45) is -0.495. The van der Waals surface area contributed by atoms with Crippen LogP contribution in [-0.2, 0) is 14.8 Å². The molecule has 7 nitrogen and oxygen atoms in total. The predicted octanol–water partition coefficient (Wildman–Crippen LogP) is 4.21. The Labute approximate surface area is 192 Å². The number of aryl methyl sites for hydroxylation is 1. The van der Waals surface area contributed by atoms with Gasteiger partial charge in [-0.2, -0.15) is 4.31 Å². The van der Waals surface area contributed by atoms with Crippen LogP contribution in [0.25, 0.3) is 10.9 Å². The summed E-state index contributed by atoms with van der Waals surface area (Å²) in [5.41, 5.74) is 1.42. The third-order valence-electron chi connectivity index (χ3n) is 5.20. The highest BCUT2D eigenvalue weighted by Crippen LogP contribution is 2.29. The number of para-hydroxylation sites is 1. The highest BCUT2D eigenvalue weighted by atomic mass is 35.5. The number of esters is 1. The number of nitrogens with zero attached hydrogens (tertiary/aromatic N) is 2. The number of ether oxygens (including phenoxy) is 2. The standard InChI is InChI=1S/C23H23ClN2O5S/c1-14-7-8-17-5-4-6-20(22(17)25-14)31-23(27)18-9-10-19(24)21(11-18)32(28,29)26-12-15(2)30-16(3)13-26/h4-11,15-16H,12-13H2,1-3H3/t15-,16-/m0/s1. The second kappa shape index (κ2) is 8.78. The topological polar surface area (TPSA) is 85.8 Å². The summed E-state index contributed by atoms with van der Waals surface area (Å²) in [7, 11) is -3.93. The minimum Gasteiger partial charge on any atom is -0.421 e. The van der Waals surface area contributed by atoms with Crippen LogP contribution in [0.3, 0.4) is 0 Å². The van der Waals surface area contributed by atoms with E-state index in [1.165, 1.54) is 22.5 Å². The fourth-order valence-electron chi connectivity index (χ4n) is 3.75. The number of morpholine rings is 1. The summed E-state index contributed by atoms with van der Waals surface area (Å²) in [4.78, 5) is 17.2. The number of fused-ring (bicyclic) bond motifs is 1. The number of benzene rings is 2. The highest BCUT2D eigenvalue weighted by molar-refractivity contribution is 7.89. The lowest BCUT2D eigenvalue weighted by Crippen LogP contribution is -2.48. The first-order valence-corrected chi connectivity index (χ1v) is 12.0. The Morgan fingerprint density at radius 1 is 1.12 bits per heavy atom. The molecule has 0 radical (unpaired) electrons. The van der Waals surface area contributed by atoms with Crippen molar-refractivity contribution in [2.24, 2.45) is 0 Å². The molecule has 1 aliphatic heterocycles. The van der Waals surface area contributed by atoms with E-state index in [0.717, 1.165) is 11.1 Å². The van der Waals surface area contributed by atoms with Crippen molar-refractivity contribution in [3.63, 3.8) is 0 Å². The third kappa shape index (κ3) is 4.49. The number of pyridine rings is 1. The van der Waals surface area contributed by atoms with Crippen LogP contribution in [0, 0.1) is 6.92 Å². The number of carbonyl (C=O) groups is 1. The fourth-order valence-corrected chi connectivity index (χ4v) is 5.84. The van der Waals surface area contributed by atoms with Gasteiger partial charge in [0.2, 0.25) is 10.0 Å². The molecule has 0 N–H and O–H groups in total. The normalized spacial score (nSPS) is 19.8. The molecule has 1 saturated heterocycles. The van der Waals surface area contributed by atoms with Crippen LogP contribution in [0.4, 0.5) is 0 Å². The van der Waals surface area contributed by atoms with Gasteiger partial charge in [0.05, 0.1) is 22.8 Å². The first kappa shape index (κ1) is 22.7. The summed E-state index contributed by atoms with van der Waals surface area (Å²) >= 11 is 6.23.